The number of ether oxygens (including phenoxy) is 1. The van der Waals surface area contributed by atoms with Crippen molar-refractivity contribution in [3.63, 3.8) is 0 Å². The van der Waals surface area contributed by atoms with Crippen molar-refractivity contribution in [3.8, 4) is 0 Å². The van der Waals surface area contributed by atoms with Gasteiger partial charge in [-0.25, -0.2) is 4.79 Å². The van der Waals surface area contributed by atoms with E-state index in [2.05, 4.69) is 0 Å². The number of hydrogen-bond donors (Lipinski definition) is 2. The molecule has 1 amide bonds. The molecule has 0 spiro atoms. The Hall–Kier alpha value is -1.59. The number of carbonyl (C=O) groups excluding carboxylic acids is 1. The Kier molecular flexibility index (Phi) is 6.02. The van der Waals surface area contributed by atoms with E-state index >= 15 is 0 Å². The number of piperidine rings is 1. The van der Waals surface area contributed by atoms with Gasteiger partial charge >= 0.3 is 6.09 Å². The number of aliphatic hydroxyl groups excluding tert-OH is 2. The molecule has 1 unspecified atom stereocenters. The Morgan fingerprint density at radius 3 is 2.57 bits per heavy atom. The second-order valence-corrected chi connectivity index (χ2v) is 5.44. The zero-order chi connectivity index (χ0) is 15.1. The van der Waals surface area contributed by atoms with Gasteiger partial charge in [0.15, 0.2) is 0 Å². The summed E-state index contributed by atoms with van der Waals surface area (Å²) < 4.78 is 5.30. The summed E-state index contributed by atoms with van der Waals surface area (Å²) in [5.74, 6) is 0.162. The Labute approximate surface area is 125 Å². The summed E-state index contributed by atoms with van der Waals surface area (Å²) in [6, 6.07) is 9.59. The minimum absolute atomic E-state index is 0.000494. The highest BCUT2D eigenvalue weighted by molar-refractivity contribution is 5.67. The van der Waals surface area contributed by atoms with Crippen LogP contribution in [0.3, 0.4) is 0 Å². The average molecular weight is 293 g/mol. The van der Waals surface area contributed by atoms with Gasteiger partial charge in [0.1, 0.15) is 6.61 Å². The monoisotopic (exact) mass is 293 g/mol. The Bertz CT molecular complexity index is 429. The van der Waals surface area contributed by atoms with Crippen LogP contribution >= 0.6 is 0 Å². The summed E-state index contributed by atoms with van der Waals surface area (Å²) in [6.45, 7) is 1.48. The molecule has 1 aromatic rings. The summed E-state index contributed by atoms with van der Waals surface area (Å²) in [5.41, 5.74) is 0.971. The molecule has 0 aliphatic carbocycles. The van der Waals surface area contributed by atoms with Crippen molar-refractivity contribution in [2.75, 3.05) is 19.7 Å². The maximum Gasteiger partial charge on any atom is 0.410 e. The topological polar surface area (TPSA) is 70.0 Å². The molecule has 2 N–H and O–H groups in total. The molecule has 0 aromatic heterocycles. The van der Waals surface area contributed by atoms with E-state index in [4.69, 9.17) is 9.84 Å². The molecule has 1 heterocycles. The van der Waals surface area contributed by atoms with E-state index in [1.54, 1.807) is 4.90 Å². The van der Waals surface area contributed by atoms with Gasteiger partial charge in [-0.15, -0.1) is 0 Å². The third-order valence-corrected chi connectivity index (χ3v) is 3.97. The molecule has 0 radical (unpaired) electrons. The number of hydrogen-bond acceptors (Lipinski definition) is 4. The lowest BCUT2D eigenvalue weighted by Crippen LogP contribution is -2.41. The van der Waals surface area contributed by atoms with E-state index in [1.807, 2.05) is 30.3 Å². The first-order valence-electron chi connectivity index (χ1n) is 7.45. The van der Waals surface area contributed by atoms with Gasteiger partial charge in [0.25, 0.3) is 0 Å². The predicted octanol–water partition coefficient (Wildman–Crippen LogP) is 1.78. The molecule has 0 saturated carbocycles. The van der Waals surface area contributed by atoms with Crippen LogP contribution in [0.15, 0.2) is 30.3 Å². The van der Waals surface area contributed by atoms with E-state index in [9.17, 15) is 9.90 Å². The zero-order valence-electron chi connectivity index (χ0n) is 12.1. The summed E-state index contributed by atoms with van der Waals surface area (Å²) in [6.07, 6.45) is 1.14. The molecule has 0 bridgehead atoms. The van der Waals surface area contributed by atoms with Gasteiger partial charge in [0.05, 0.1) is 6.10 Å². The van der Waals surface area contributed by atoms with Crippen LogP contribution in [0.1, 0.15) is 24.8 Å². The smallest absolute Gasteiger partial charge is 0.410 e. The standard InChI is InChI=1S/C16H23NO4/c18-11-8-15(19)14-6-9-17(10-7-14)16(20)21-12-13-4-2-1-3-5-13/h1-5,14-15,18-19H,6-12H2. The molecule has 1 aromatic carbocycles. The van der Waals surface area contributed by atoms with Gasteiger partial charge in [-0.1, -0.05) is 30.3 Å². The van der Waals surface area contributed by atoms with Crippen molar-refractivity contribution in [2.24, 2.45) is 5.92 Å². The SMILES string of the molecule is O=C(OCc1ccccc1)N1CCC(C(O)CCO)CC1. The van der Waals surface area contributed by atoms with Crippen LogP contribution < -0.4 is 0 Å². The summed E-state index contributed by atoms with van der Waals surface area (Å²) >= 11 is 0. The van der Waals surface area contributed by atoms with E-state index < -0.39 is 6.10 Å². The van der Waals surface area contributed by atoms with Crippen molar-refractivity contribution in [2.45, 2.75) is 32.0 Å². The van der Waals surface area contributed by atoms with Crippen LogP contribution in [-0.2, 0) is 11.3 Å². The second kappa shape index (κ2) is 8.00. The number of carbonyl (C=O) groups is 1. The second-order valence-electron chi connectivity index (χ2n) is 5.44. The van der Waals surface area contributed by atoms with Crippen LogP contribution in [0.4, 0.5) is 4.79 Å². The summed E-state index contributed by atoms with van der Waals surface area (Å²) in [4.78, 5) is 13.7. The first-order valence-corrected chi connectivity index (χ1v) is 7.45. The number of likely N-dealkylation sites (tertiary alicyclic amines) is 1. The number of rotatable bonds is 5. The minimum atomic E-state index is -0.475. The highest BCUT2D eigenvalue weighted by Crippen LogP contribution is 2.22. The van der Waals surface area contributed by atoms with Crippen molar-refractivity contribution in [3.05, 3.63) is 35.9 Å². The molecule has 1 aliphatic rings. The third kappa shape index (κ3) is 4.72. The van der Waals surface area contributed by atoms with Crippen molar-refractivity contribution < 1.29 is 19.7 Å². The van der Waals surface area contributed by atoms with Crippen LogP contribution in [-0.4, -0.2) is 47.0 Å². The van der Waals surface area contributed by atoms with Gasteiger partial charge in [-0.2, -0.15) is 0 Å². The van der Waals surface area contributed by atoms with Crippen molar-refractivity contribution >= 4 is 6.09 Å². The van der Waals surface area contributed by atoms with Crippen LogP contribution in [0, 0.1) is 5.92 Å². The molecule has 116 valence electrons. The molecule has 1 atom stereocenters. The zero-order valence-corrected chi connectivity index (χ0v) is 12.1. The van der Waals surface area contributed by atoms with E-state index in [0.717, 1.165) is 18.4 Å². The Morgan fingerprint density at radius 1 is 1.29 bits per heavy atom. The lowest BCUT2D eigenvalue weighted by molar-refractivity contribution is 0.0336. The van der Waals surface area contributed by atoms with E-state index in [-0.39, 0.29) is 25.2 Å². The number of aliphatic hydroxyl groups is 2. The third-order valence-electron chi connectivity index (χ3n) is 3.97. The number of nitrogens with zero attached hydrogens (tertiary/aromatic N) is 1. The first-order chi connectivity index (χ1) is 10.2. The highest BCUT2D eigenvalue weighted by Gasteiger charge is 2.27. The molecule has 5 heteroatoms. The molecule has 21 heavy (non-hydrogen) atoms. The van der Waals surface area contributed by atoms with Crippen LogP contribution in [0.2, 0.25) is 0 Å². The van der Waals surface area contributed by atoms with E-state index in [0.29, 0.717) is 19.5 Å². The largest absolute Gasteiger partial charge is 0.445 e. The van der Waals surface area contributed by atoms with Gasteiger partial charge in [-0.3, -0.25) is 0 Å². The molecule has 1 saturated heterocycles. The molecule has 1 fully saturated rings. The molecular weight excluding hydrogens is 270 g/mol. The van der Waals surface area contributed by atoms with Gasteiger partial charge in [0, 0.05) is 19.7 Å². The maximum absolute atomic E-state index is 12.0. The summed E-state index contributed by atoms with van der Waals surface area (Å²) in [5, 5.41) is 18.7. The van der Waals surface area contributed by atoms with Gasteiger partial charge in [0.2, 0.25) is 0 Å². The summed E-state index contributed by atoms with van der Waals surface area (Å²) in [7, 11) is 0. The molecule has 2 rings (SSSR count). The Balaban J connectivity index is 1.73. The number of amides is 1. The fourth-order valence-electron chi connectivity index (χ4n) is 2.65. The fourth-order valence-corrected chi connectivity index (χ4v) is 2.65. The molecular formula is C16H23NO4. The quantitative estimate of drug-likeness (QED) is 0.868. The maximum atomic E-state index is 12.0. The Morgan fingerprint density at radius 2 is 1.95 bits per heavy atom. The van der Waals surface area contributed by atoms with Crippen molar-refractivity contribution in [1.29, 1.82) is 0 Å². The van der Waals surface area contributed by atoms with Crippen LogP contribution in [0.25, 0.3) is 0 Å². The lowest BCUT2D eigenvalue weighted by atomic mass is 9.90. The van der Waals surface area contributed by atoms with Gasteiger partial charge in [-0.05, 0) is 30.7 Å². The highest BCUT2D eigenvalue weighted by atomic mass is 16.6. The number of benzene rings is 1. The fraction of sp³-hybridized carbons (Fsp3) is 0.562. The molecule has 1 aliphatic heterocycles. The lowest BCUT2D eigenvalue weighted by Gasteiger charge is -2.33. The normalized spacial score (nSPS) is 17.5. The average Bonchev–Trinajstić information content (AvgIpc) is 2.54. The predicted molar refractivity (Wildman–Crippen MR) is 78.6 cm³/mol. The van der Waals surface area contributed by atoms with Gasteiger partial charge < -0.3 is 19.8 Å². The van der Waals surface area contributed by atoms with E-state index in [1.165, 1.54) is 0 Å². The first kappa shape index (κ1) is 15.8. The molecule has 5 nitrogen and oxygen atoms in total. The van der Waals surface area contributed by atoms with Crippen LogP contribution in [0.5, 0.6) is 0 Å². The minimum Gasteiger partial charge on any atom is -0.445 e. The van der Waals surface area contributed by atoms with Crippen molar-refractivity contribution in [1.82, 2.24) is 4.90 Å².